The van der Waals surface area contributed by atoms with E-state index in [0.29, 0.717) is 28.3 Å². The number of carbonyl (C=O) groups is 1. The summed E-state index contributed by atoms with van der Waals surface area (Å²) in [6, 6.07) is 14.8. The van der Waals surface area contributed by atoms with E-state index in [-0.39, 0.29) is 18.3 Å². The van der Waals surface area contributed by atoms with Crippen molar-refractivity contribution in [2.24, 2.45) is 7.05 Å². The Morgan fingerprint density at radius 1 is 1.14 bits per heavy atom. The number of amides is 1. The molecule has 0 aliphatic heterocycles. The van der Waals surface area contributed by atoms with Crippen molar-refractivity contribution in [2.45, 2.75) is 18.3 Å². The molecule has 29 heavy (non-hydrogen) atoms. The van der Waals surface area contributed by atoms with Gasteiger partial charge < -0.3 is 19.4 Å². The summed E-state index contributed by atoms with van der Waals surface area (Å²) in [7, 11) is 3.44. The first kappa shape index (κ1) is 21.0. The van der Waals surface area contributed by atoms with Crippen LogP contribution >= 0.6 is 23.4 Å². The highest BCUT2D eigenvalue weighted by Crippen LogP contribution is 2.24. The molecule has 0 bridgehead atoms. The highest BCUT2D eigenvalue weighted by atomic mass is 35.5. The molecular weight excluding hydrogens is 412 g/mol. The summed E-state index contributed by atoms with van der Waals surface area (Å²) in [6.45, 7) is 0.632. The van der Waals surface area contributed by atoms with Gasteiger partial charge in [-0.05, 0) is 18.2 Å². The molecule has 0 spiro atoms. The fourth-order valence-electron chi connectivity index (χ4n) is 2.52. The van der Waals surface area contributed by atoms with E-state index in [0.717, 1.165) is 11.3 Å². The van der Waals surface area contributed by atoms with Gasteiger partial charge in [-0.2, -0.15) is 0 Å². The van der Waals surface area contributed by atoms with Crippen LogP contribution in [0.15, 0.2) is 53.7 Å². The molecule has 7 nitrogen and oxygen atoms in total. The van der Waals surface area contributed by atoms with Crippen molar-refractivity contribution < 1.29 is 14.3 Å². The Balaban J connectivity index is 1.49. The van der Waals surface area contributed by atoms with Crippen LogP contribution in [0.25, 0.3) is 0 Å². The van der Waals surface area contributed by atoms with Crippen LogP contribution in [-0.2, 0) is 25.0 Å². The summed E-state index contributed by atoms with van der Waals surface area (Å²) in [4.78, 5) is 12.2. The SMILES string of the molecule is COc1ccccc1CNC(=O)CSc1nnc(COc2ccccc2Cl)n1C. The molecule has 1 N–H and O–H groups in total. The van der Waals surface area contributed by atoms with E-state index in [9.17, 15) is 4.79 Å². The van der Waals surface area contributed by atoms with Gasteiger partial charge in [-0.15, -0.1) is 10.2 Å². The summed E-state index contributed by atoms with van der Waals surface area (Å²) in [6.07, 6.45) is 0. The second-order valence-corrected chi connectivity index (χ2v) is 7.40. The van der Waals surface area contributed by atoms with Crippen molar-refractivity contribution in [3.63, 3.8) is 0 Å². The quantitative estimate of drug-likeness (QED) is 0.522. The minimum absolute atomic E-state index is 0.0993. The molecule has 0 unspecified atom stereocenters. The number of nitrogens with one attached hydrogen (secondary N) is 1. The molecule has 0 saturated heterocycles. The monoisotopic (exact) mass is 432 g/mol. The van der Waals surface area contributed by atoms with Gasteiger partial charge in [-0.3, -0.25) is 4.79 Å². The van der Waals surface area contributed by atoms with Crippen LogP contribution in [0, 0.1) is 0 Å². The molecule has 0 fully saturated rings. The van der Waals surface area contributed by atoms with Crippen LogP contribution in [0.2, 0.25) is 5.02 Å². The zero-order valence-electron chi connectivity index (χ0n) is 16.1. The topological polar surface area (TPSA) is 78.3 Å². The third kappa shape index (κ3) is 5.65. The van der Waals surface area contributed by atoms with Crippen molar-refractivity contribution >= 4 is 29.3 Å². The number of carbonyl (C=O) groups excluding carboxylic acids is 1. The Kier molecular flexibility index (Phi) is 7.37. The van der Waals surface area contributed by atoms with Gasteiger partial charge in [-0.1, -0.05) is 53.7 Å². The number of hydrogen-bond acceptors (Lipinski definition) is 6. The predicted octanol–water partition coefficient (Wildman–Crippen LogP) is 3.46. The minimum atomic E-state index is -0.0993. The Bertz CT molecular complexity index is 980. The number of nitrogens with zero attached hydrogens (tertiary/aromatic N) is 3. The average molecular weight is 433 g/mol. The third-order valence-corrected chi connectivity index (χ3v) is 5.45. The van der Waals surface area contributed by atoms with Crippen LogP contribution in [-0.4, -0.2) is 33.5 Å². The van der Waals surface area contributed by atoms with Gasteiger partial charge in [0.05, 0.1) is 17.9 Å². The molecule has 0 atom stereocenters. The van der Waals surface area contributed by atoms with Crippen molar-refractivity contribution in [2.75, 3.05) is 12.9 Å². The molecule has 0 radical (unpaired) electrons. The lowest BCUT2D eigenvalue weighted by molar-refractivity contribution is -0.118. The van der Waals surface area contributed by atoms with E-state index >= 15 is 0 Å². The number of thioether (sulfide) groups is 1. The first-order chi connectivity index (χ1) is 14.1. The van der Waals surface area contributed by atoms with Crippen LogP contribution in [0.5, 0.6) is 11.5 Å². The highest BCUT2D eigenvalue weighted by molar-refractivity contribution is 7.99. The molecule has 3 rings (SSSR count). The molecule has 9 heteroatoms. The second kappa shape index (κ2) is 10.2. The summed E-state index contributed by atoms with van der Waals surface area (Å²) in [5.74, 6) is 2.10. The van der Waals surface area contributed by atoms with Gasteiger partial charge in [0.25, 0.3) is 0 Å². The maximum Gasteiger partial charge on any atom is 0.230 e. The molecule has 0 saturated carbocycles. The number of hydrogen-bond donors (Lipinski definition) is 1. The molecule has 3 aromatic rings. The number of methoxy groups -OCH3 is 1. The maximum absolute atomic E-state index is 12.2. The van der Waals surface area contributed by atoms with Crippen LogP contribution in [0.1, 0.15) is 11.4 Å². The summed E-state index contributed by atoms with van der Waals surface area (Å²) in [5.41, 5.74) is 0.922. The third-order valence-electron chi connectivity index (χ3n) is 4.12. The Morgan fingerprint density at radius 3 is 2.62 bits per heavy atom. The maximum atomic E-state index is 12.2. The van der Waals surface area contributed by atoms with Crippen molar-refractivity contribution in [3.05, 3.63) is 64.9 Å². The Labute approximate surface area is 178 Å². The van der Waals surface area contributed by atoms with E-state index < -0.39 is 0 Å². The van der Waals surface area contributed by atoms with E-state index in [1.165, 1.54) is 11.8 Å². The van der Waals surface area contributed by atoms with Crippen molar-refractivity contribution in [1.82, 2.24) is 20.1 Å². The molecule has 1 aromatic heterocycles. The first-order valence-corrected chi connectivity index (χ1v) is 10.2. The van der Waals surface area contributed by atoms with E-state index in [2.05, 4.69) is 15.5 Å². The normalized spacial score (nSPS) is 10.6. The summed E-state index contributed by atoms with van der Waals surface area (Å²) >= 11 is 7.40. The fourth-order valence-corrected chi connectivity index (χ4v) is 3.47. The highest BCUT2D eigenvalue weighted by Gasteiger charge is 2.13. The van der Waals surface area contributed by atoms with Crippen LogP contribution < -0.4 is 14.8 Å². The molecule has 0 aliphatic rings. The van der Waals surface area contributed by atoms with Crippen LogP contribution in [0.4, 0.5) is 0 Å². The van der Waals surface area contributed by atoms with Gasteiger partial charge >= 0.3 is 0 Å². The van der Waals surface area contributed by atoms with Gasteiger partial charge in [0, 0.05) is 19.2 Å². The van der Waals surface area contributed by atoms with Crippen molar-refractivity contribution in [1.29, 1.82) is 0 Å². The second-order valence-electron chi connectivity index (χ2n) is 6.05. The lowest BCUT2D eigenvalue weighted by atomic mass is 10.2. The Hall–Kier alpha value is -2.71. The van der Waals surface area contributed by atoms with E-state index in [1.807, 2.05) is 43.4 Å². The largest absolute Gasteiger partial charge is 0.496 e. The van der Waals surface area contributed by atoms with E-state index in [1.54, 1.807) is 23.8 Å². The number of aromatic nitrogens is 3. The predicted molar refractivity (Wildman–Crippen MR) is 112 cm³/mol. The van der Waals surface area contributed by atoms with Crippen LogP contribution in [0.3, 0.4) is 0 Å². The number of ether oxygens (including phenoxy) is 2. The molecule has 152 valence electrons. The van der Waals surface area contributed by atoms with Crippen molar-refractivity contribution in [3.8, 4) is 11.5 Å². The first-order valence-electron chi connectivity index (χ1n) is 8.85. The Morgan fingerprint density at radius 2 is 1.86 bits per heavy atom. The number of benzene rings is 2. The van der Waals surface area contributed by atoms with Gasteiger partial charge in [-0.25, -0.2) is 0 Å². The lowest BCUT2D eigenvalue weighted by Crippen LogP contribution is -2.25. The smallest absolute Gasteiger partial charge is 0.230 e. The zero-order valence-corrected chi connectivity index (χ0v) is 17.7. The molecule has 1 amide bonds. The van der Waals surface area contributed by atoms with E-state index in [4.69, 9.17) is 21.1 Å². The fraction of sp³-hybridized carbons (Fsp3) is 0.250. The summed E-state index contributed by atoms with van der Waals surface area (Å²) in [5, 5.41) is 12.3. The van der Waals surface area contributed by atoms with Gasteiger partial charge in [0.15, 0.2) is 11.0 Å². The number of rotatable bonds is 9. The van der Waals surface area contributed by atoms with Gasteiger partial charge in [0.2, 0.25) is 5.91 Å². The molecule has 2 aromatic carbocycles. The standard InChI is InChI=1S/C20H21ClN4O3S/c1-25-18(12-28-17-10-6-4-8-15(17)21)23-24-20(25)29-13-19(26)22-11-14-7-3-5-9-16(14)27-2/h3-10H,11-13H2,1-2H3,(H,22,26). The lowest BCUT2D eigenvalue weighted by Gasteiger charge is -2.09. The zero-order chi connectivity index (χ0) is 20.6. The van der Waals surface area contributed by atoms with Gasteiger partial charge in [0.1, 0.15) is 18.1 Å². The number of para-hydroxylation sites is 2. The minimum Gasteiger partial charge on any atom is -0.496 e. The number of halogens is 1. The average Bonchev–Trinajstić information content (AvgIpc) is 3.09. The molecule has 0 aliphatic carbocycles. The summed E-state index contributed by atoms with van der Waals surface area (Å²) < 4.78 is 12.8. The molecular formula is C20H21ClN4O3S. The molecule has 1 heterocycles.